The van der Waals surface area contributed by atoms with Crippen LogP contribution in [0.2, 0.25) is 0 Å². The summed E-state index contributed by atoms with van der Waals surface area (Å²) in [5, 5.41) is 16.0. The van der Waals surface area contributed by atoms with E-state index in [9.17, 15) is 0 Å². The lowest BCUT2D eigenvalue weighted by molar-refractivity contribution is 0.318. The molecule has 0 unspecified atom stereocenters. The van der Waals surface area contributed by atoms with Gasteiger partial charge in [-0.05, 0) is 42.7 Å². The van der Waals surface area contributed by atoms with Gasteiger partial charge in [0.25, 0.3) is 0 Å². The number of benzene rings is 2. The summed E-state index contributed by atoms with van der Waals surface area (Å²) in [6.45, 7) is 0. The zero-order chi connectivity index (χ0) is 19.1. The Bertz CT molecular complexity index is 1230. The highest BCUT2D eigenvalue weighted by atomic mass is 16.4. The summed E-state index contributed by atoms with van der Waals surface area (Å²) in [5.41, 5.74) is 13.0. The number of aromatic nitrogens is 3. The number of aryl methyl sites for hydroxylation is 1. The molecule has 0 saturated carbocycles. The van der Waals surface area contributed by atoms with Crippen LogP contribution in [0.1, 0.15) is 17.5 Å². The second-order valence-corrected chi connectivity index (χ2v) is 6.78. The molecule has 2 aromatic heterocycles. The van der Waals surface area contributed by atoms with Crippen molar-refractivity contribution < 1.29 is 5.21 Å². The van der Waals surface area contributed by atoms with Gasteiger partial charge in [0.2, 0.25) is 0 Å². The number of rotatable bonds is 3. The van der Waals surface area contributed by atoms with E-state index in [0.29, 0.717) is 5.69 Å². The van der Waals surface area contributed by atoms with Crippen LogP contribution in [-0.4, -0.2) is 25.3 Å². The first-order valence-electron chi connectivity index (χ1n) is 9.02. The van der Waals surface area contributed by atoms with E-state index in [-0.39, 0.29) is 0 Å². The van der Waals surface area contributed by atoms with E-state index < -0.39 is 0 Å². The Kier molecular flexibility index (Phi) is 3.72. The molecule has 0 aliphatic heterocycles. The molecule has 28 heavy (non-hydrogen) atoms. The largest absolute Gasteiger partial charge is 0.411 e. The van der Waals surface area contributed by atoms with E-state index >= 15 is 0 Å². The SMILES string of the molecule is Nc1cccc(-c2nc3cnccn3c2Nc2ccc3c(c2)CCC3=NO)c1. The van der Waals surface area contributed by atoms with Crippen LogP contribution in [0.4, 0.5) is 17.2 Å². The van der Waals surface area contributed by atoms with Crippen molar-refractivity contribution in [2.45, 2.75) is 12.8 Å². The molecule has 4 N–H and O–H groups in total. The molecule has 1 aliphatic rings. The van der Waals surface area contributed by atoms with Gasteiger partial charge in [0.15, 0.2) is 5.65 Å². The number of hydrogen-bond donors (Lipinski definition) is 3. The number of hydrogen-bond acceptors (Lipinski definition) is 6. The van der Waals surface area contributed by atoms with Crippen LogP contribution in [-0.2, 0) is 6.42 Å². The minimum atomic E-state index is 0.687. The molecule has 0 spiro atoms. The Hall–Kier alpha value is -3.87. The molecule has 0 atom stereocenters. The quantitative estimate of drug-likeness (QED) is 0.289. The van der Waals surface area contributed by atoms with Crippen LogP contribution in [0.25, 0.3) is 16.9 Å². The molecule has 0 fully saturated rings. The van der Waals surface area contributed by atoms with Gasteiger partial charge in [-0.15, -0.1) is 0 Å². The monoisotopic (exact) mass is 370 g/mol. The van der Waals surface area contributed by atoms with Crippen molar-refractivity contribution in [2.75, 3.05) is 11.1 Å². The molecule has 2 aromatic carbocycles. The average molecular weight is 370 g/mol. The van der Waals surface area contributed by atoms with E-state index in [0.717, 1.165) is 52.5 Å². The third-order valence-electron chi connectivity index (χ3n) is 5.02. The highest BCUT2D eigenvalue weighted by Gasteiger charge is 2.20. The lowest BCUT2D eigenvalue weighted by atomic mass is 10.1. The topological polar surface area (TPSA) is 101 Å². The van der Waals surface area contributed by atoms with Crippen molar-refractivity contribution in [1.29, 1.82) is 0 Å². The number of nitrogens with two attached hydrogens (primary N) is 1. The number of oxime groups is 1. The third-order valence-corrected chi connectivity index (χ3v) is 5.02. The molecule has 7 nitrogen and oxygen atoms in total. The fourth-order valence-corrected chi connectivity index (χ4v) is 3.70. The van der Waals surface area contributed by atoms with E-state index in [1.54, 1.807) is 12.4 Å². The van der Waals surface area contributed by atoms with Crippen LogP contribution >= 0.6 is 0 Å². The van der Waals surface area contributed by atoms with Gasteiger partial charge in [-0.2, -0.15) is 0 Å². The predicted octanol–water partition coefficient (Wildman–Crippen LogP) is 3.85. The lowest BCUT2D eigenvalue weighted by Gasteiger charge is -2.11. The standard InChI is InChI=1S/C21H18N6O/c22-15-3-1-2-14(10-15)20-21(27-9-8-23-12-19(27)25-20)24-16-5-6-17-13(11-16)4-7-18(17)26-28/h1-3,5-6,8-12,24,28H,4,7,22H2. The fraction of sp³-hybridized carbons (Fsp3) is 0.0952. The maximum Gasteiger partial charge on any atom is 0.157 e. The minimum absolute atomic E-state index is 0.687. The van der Waals surface area contributed by atoms with Crippen LogP contribution in [0.15, 0.2) is 66.2 Å². The molecule has 138 valence electrons. The van der Waals surface area contributed by atoms with Gasteiger partial charge in [-0.25, -0.2) is 4.98 Å². The molecule has 7 heteroatoms. The summed E-state index contributed by atoms with van der Waals surface area (Å²) < 4.78 is 1.97. The molecule has 1 aliphatic carbocycles. The molecule has 0 amide bonds. The number of nitrogens with zero attached hydrogens (tertiary/aromatic N) is 4. The van der Waals surface area contributed by atoms with Crippen molar-refractivity contribution in [3.63, 3.8) is 0 Å². The molecule has 2 heterocycles. The zero-order valence-corrected chi connectivity index (χ0v) is 15.0. The van der Waals surface area contributed by atoms with E-state index in [1.165, 1.54) is 5.56 Å². The maximum absolute atomic E-state index is 9.14. The highest BCUT2D eigenvalue weighted by Crippen LogP contribution is 2.33. The summed E-state index contributed by atoms with van der Waals surface area (Å²) in [6.07, 6.45) is 6.96. The number of nitrogen functional groups attached to an aromatic ring is 1. The second-order valence-electron chi connectivity index (χ2n) is 6.78. The Labute approximate surface area is 161 Å². The lowest BCUT2D eigenvalue weighted by Crippen LogP contribution is -1.99. The van der Waals surface area contributed by atoms with Crippen molar-refractivity contribution in [1.82, 2.24) is 14.4 Å². The number of nitrogens with one attached hydrogen (secondary N) is 1. The smallest absolute Gasteiger partial charge is 0.157 e. The van der Waals surface area contributed by atoms with Crippen LogP contribution in [0.3, 0.4) is 0 Å². The Morgan fingerprint density at radius 3 is 2.93 bits per heavy atom. The molecule has 4 aromatic rings. The molecule has 0 bridgehead atoms. The van der Waals surface area contributed by atoms with E-state index in [1.807, 2.05) is 47.0 Å². The van der Waals surface area contributed by atoms with Gasteiger partial charge in [0.05, 0.1) is 11.9 Å². The first-order valence-corrected chi connectivity index (χ1v) is 9.02. The first kappa shape index (κ1) is 16.3. The van der Waals surface area contributed by atoms with Gasteiger partial charge in [-0.3, -0.25) is 9.38 Å². The second kappa shape index (κ2) is 6.38. The average Bonchev–Trinajstić information content (AvgIpc) is 3.29. The number of anilines is 3. The first-order chi connectivity index (χ1) is 13.7. The van der Waals surface area contributed by atoms with Crippen molar-refractivity contribution in [3.8, 4) is 11.3 Å². The summed E-state index contributed by atoms with van der Waals surface area (Å²) in [6, 6.07) is 13.7. The Balaban J connectivity index is 1.62. The highest BCUT2D eigenvalue weighted by molar-refractivity contribution is 6.04. The molecular formula is C21H18N6O. The summed E-state index contributed by atoms with van der Waals surface area (Å²) in [7, 11) is 0. The molecular weight excluding hydrogens is 352 g/mol. The molecule has 0 saturated heterocycles. The van der Waals surface area contributed by atoms with Gasteiger partial charge < -0.3 is 16.3 Å². The van der Waals surface area contributed by atoms with Crippen LogP contribution in [0.5, 0.6) is 0 Å². The summed E-state index contributed by atoms with van der Waals surface area (Å²) in [4.78, 5) is 8.93. The zero-order valence-electron chi connectivity index (χ0n) is 15.0. The van der Waals surface area contributed by atoms with Gasteiger partial charge in [0.1, 0.15) is 11.5 Å². The van der Waals surface area contributed by atoms with Crippen molar-refractivity contribution >= 4 is 28.6 Å². The predicted molar refractivity (Wildman–Crippen MR) is 109 cm³/mol. The Morgan fingerprint density at radius 2 is 2.07 bits per heavy atom. The van der Waals surface area contributed by atoms with Gasteiger partial charge in [-0.1, -0.05) is 23.4 Å². The van der Waals surface area contributed by atoms with E-state index in [4.69, 9.17) is 15.9 Å². The van der Waals surface area contributed by atoms with Crippen LogP contribution < -0.4 is 11.1 Å². The van der Waals surface area contributed by atoms with E-state index in [2.05, 4.69) is 21.5 Å². The number of fused-ring (bicyclic) bond motifs is 2. The normalized spacial score (nSPS) is 14.5. The number of imidazole rings is 1. The van der Waals surface area contributed by atoms with Crippen molar-refractivity contribution in [3.05, 3.63) is 72.2 Å². The minimum Gasteiger partial charge on any atom is -0.411 e. The third kappa shape index (κ3) is 2.64. The molecule has 5 rings (SSSR count). The molecule has 0 radical (unpaired) electrons. The summed E-state index contributed by atoms with van der Waals surface area (Å²) in [5.74, 6) is 0.844. The fourth-order valence-electron chi connectivity index (χ4n) is 3.70. The van der Waals surface area contributed by atoms with Gasteiger partial charge in [0, 0.05) is 34.9 Å². The van der Waals surface area contributed by atoms with Crippen LogP contribution in [0, 0.1) is 0 Å². The van der Waals surface area contributed by atoms with Crippen molar-refractivity contribution in [2.24, 2.45) is 5.16 Å². The van der Waals surface area contributed by atoms with Gasteiger partial charge >= 0.3 is 0 Å². The summed E-state index contributed by atoms with van der Waals surface area (Å²) >= 11 is 0. The Morgan fingerprint density at radius 1 is 1.14 bits per heavy atom. The maximum atomic E-state index is 9.14.